The van der Waals surface area contributed by atoms with Crippen molar-refractivity contribution in [3.05, 3.63) is 38.9 Å². The molecule has 4 nitrogen and oxygen atoms in total. The lowest BCUT2D eigenvalue weighted by molar-refractivity contribution is 0.102. The molecule has 16 heavy (non-hydrogen) atoms. The first kappa shape index (κ1) is 11.3. The fourth-order valence-electron chi connectivity index (χ4n) is 1.14. The summed E-state index contributed by atoms with van der Waals surface area (Å²) in [7, 11) is 0. The number of para-hydroxylation sites is 1. The Morgan fingerprint density at radius 1 is 1.44 bits per heavy atom. The van der Waals surface area contributed by atoms with Crippen LogP contribution >= 0.6 is 33.9 Å². The lowest BCUT2D eigenvalue weighted by Gasteiger charge is -2.04. The molecule has 0 saturated heterocycles. The lowest BCUT2D eigenvalue weighted by atomic mass is 10.3. The Balaban J connectivity index is 2.17. The number of nitrogens with zero attached hydrogens (tertiary/aromatic N) is 1. The van der Waals surface area contributed by atoms with E-state index >= 15 is 0 Å². The summed E-state index contributed by atoms with van der Waals surface area (Å²) in [4.78, 5) is 15.7. The number of hydrogen-bond acceptors (Lipinski definition) is 4. The Morgan fingerprint density at radius 3 is 2.81 bits per heavy atom. The number of anilines is 2. The zero-order valence-corrected chi connectivity index (χ0v) is 11.1. The largest absolute Gasteiger partial charge is 0.375 e. The molecule has 0 radical (unpaired) electrons. The number of benzene rings is 1. The molecule has 6 heteroatoms. The lowest BCUT2D eigenvalue weighted by Crippen LogP contribution is -2.13. The first-order chi connectivity index (χ1) is 7.66. The highest BCUT2D eigenvalue weighted by Gasteiger charge is 2.10. The predicted molar refractivity (Wildman–Crippen MR) is 73.6 cm³/mol. The van der Waals surface area contributed by atoms with E-state index in [0.29, 0.717) is 10.8 Å². The van der Waals surface area contributed by atoms with Gasteiger partial charge in [0.1, 0.15) is 5.69 Å². The number of rotatable bonds is 2. The third kappa shape index (κ3) is 2.50. The van der Waals surface area contributed by atoms with Crippen molar-refractivity contribution in [2.24, 2.45) is 0 Å². The number of nitrogens with one attached hydrogen (secondary N) is 1. The summed E-state index contributed by atoms with van der Waals surface area (Å²) in [5.74, 6) is -0.239. The molecule has 1 amide bonds. The van der Waals surface area contributed by atoms with Gasteiger partial charge in [-0.2, -0.15) is 0 Å². The molecule has 1 aromatic carbocycles. The molecule has 1 aromatic heterocycles. The van der Waals surface area contributed by atoms with Crippen LogP contribution in [-0.4, -0.2) is 10.9 Å². The van der Waals surface area contributed by atoms with Crippen molar-refractivity contribution >= 4 is 50.7 Å². The van der Waals surface area contributed by atoms with Crippen LogP contribution in [0.5, 0.6) is 0 Å². The van der Waals surface area contributed by atoms with Crippen LogP contribution in [0, 0.1) is 3.57 Å². The fraction of sp³-hybridized carbons (Fsp3) is 0. The van der Waals surface area contributed by atoms with Crippen LogP contribution in [0.25, 0.3) is 0 Å². The minimum atomic E-state index is -0.239. The summed E-state index contributed by atoms with van der Waals surface area (Å²) in [6, 6.07) is 7.55. The minimum absolute atomic E-state index is 0.239. The number of amides is 1. The van der Waals surface area contributed by atoms with Gasteiger partial charge in [-0.25, -0.2) is 4.98 Å². The second-order valence-electron chi connectivity index (χ2n) is 3.00. The van der Waals surface area contributed by atoms with E-state index in [0.717, 1.165) is 9.26 Å². The number of halogens is 1. The molecule has 0 aliphatic carbocycles. The van der Waals surface area contributed by atoms with Crippen molar-refractivity contribution in [2.45, 2.75) is 0 Å². The molecule has 0 fully saturated rings. The van der Waals surface area contributed by atoms with Crippen LogP contribution in [0.15, 0.2) is 29.6 Å². The molecule has 2 rings (SSSR count). The smallest absolute Gasteiger partial charge is 0.275 e. The van der Waals surface area contributed by atoms with Gasteiger partial charge in [-0.05, 0) is 34.7 Å². The predicted octanol–water partition coefficient (Wildman–Crippen LogP) is 2.58. The van der Waals surface area contributed by atoms with E-state index < -0.39 is 0 Å². The number of aromatic nitrogens is 1. The van der Waals surface area contributed by atoms with E-state index in [2.05, 4.69) is 32.9 Å². The van der Waals surface area contributed by atoms with E-state index in [1.54, 1.807) is 5.38 Å². The number of carbonyl (C=O) groups excluding carboxylic acids is 1. The summed E-state index contributed by atoms with van der Waals surface area (Å²) < 4.78 is 0.983. The second kappa shape index (κ2) is 4.79. The molecule has 0 bridgehead atoms. The van der Waals surface area contributed by atoms with Crippen molar-refractivity contribution in [3.63, 3.8) is 0 Å². The van der Waals surface area contributed by atoms with E-state index in [-0.39, 0.29) is 5.91 Å². The number of carbonyl (C=O) groups is 1. The van der Waals surface area contributed by atoms with Crippen LogP contribution in [0.1, 0.15) is 10.5 Å². The maximum atomic E-state index is 11.8. The number of nitrogen functional groups attached to an aromatic ring is 1. The maximum absolute atomic E-state index is 11.8. The SMILES string of the molecule is Nc1nc(C(=O)Nc2ccccc2I)cs1. The Morgan fingerprint density at radius 2 is 2.19 bits per heavy atom. The van der Waals surface area contributed by atoms with E-state index in [9.17, 15) is 4.79 Å². The molecular weight excluding hydrogens is 337 g/mol. The quantitative estimate of drug-likeness (QED) is 0.822. The molecule has 0 aliphatic heterocycles. The topological polar surface area (TPSA) is 68.0 Å². The molecule has 2 aromatic rings. The third-order valence-electron chi connectivity index (χ3n) is 1.88. The van der Waals surface area contributed by atoms with E-state index in [1.807, 2.05) is 24.3 Å². The molecule has 0 atom stereocenters. The van der Waals surface area contributed by atoms with Gasteiger partial charge in [-0.1, -0.05) is 12.1 Å². The summed E-state index contributed by atoms with van der Waals surface area (Å²) in [5, 5.41) is 4.82. The van der Waals surface area contributed by atoms with Crippen molar-refractivity contribution in [2.75, 3.05) is 11.1 Å². The fourth-order valence-corrected chi connectivity index (χ4v) is 2.21. The highest BCUT2D eigenvalue weighted by Crippen LogP contribution is 2.18. The second-order valence-corrected chi connectivity index (χ2v) is 5.06. The average Bonchev–Trinajstić information content (AvgIpc) is 2.68. The zero-order valence-electron chi connectivity index (χ0n) is 8.11. The summed E-state index contributed by atoms with van der Waals surface area (Å²) in [5.41, 5.74) is 6.59. The van der Waals surface area contributed by atoms with Gasteiger partial charge in [0.05, 0.1) is 5.69 Å². The number of thiazole rings is 1. The van der Waals surface area contributed by atoms with Crippen LogP contribution in [0.2, 0.25) is 0 Å². The number of nitrogens with two attached hydrogens (primary N) is 1. The number of hydrogen-bond donors (Lipinski definition) is 2. The molecule has 82 valence electrons. The highest BCUT2D eigenvalue weighted by atomic mass is 127. The van der Waals surface area contributed by atoms with Crippen LogP contribution < -0.4 is 11.1 Å². The maximum Gasteiger partial charge on any atom is 0.275 e. The third-order valence-corrected chi connectivity index (χ3v) is 3.49. The molecule has 1 heterocycles. The highest BCUT2D eigenvalue weighted by molar-refractivity contribution is 14.1. The van der Waals surface area contributed by atoms with Gasteiger partial charge in [-0.15, -0.1) is 11.3 Å². The van der Waals surface area contributed by atoms with Crippen LogP contribution in [0.4, 0.5) is 10.8 Å². The Hall–Kier alpha value is -1.15. The Labute approximate surface area is 110 Å². The van der Waals surface area contributed by atoms with Gasteiger partial charge in [0.25, 0.3) is 5.91 Å². The normalized spacial score (nSPS) is 10.1. The molecule has 0 spiro atoms. The Bertz CT molecular complexity index is 526. The van der Waals surface area contributed by atoms with Crippen molar-refractivity contribution < 1.29 is 4.79 Å². The van der Waals surface area contributed by atoms with Crippen molar-refractivity contribution in [3.8, 4) is 0 Å². The molecule has 0 aliphatic rings. The van der Waals surface area contributed by atoms with Crippen LogP contribution in [-0.2, 0) is 0 Å². The molecular formula is C10H8IN3OS. The van der Waals surface area contributed by atoms with E-state index in [1.165, 1.54) is 11.3 Å². The summed E-state index contributed by atoms with van der Waals surface area (Å²) in [6.45, 7) is 0. The molecule has 3 N–H and O–H groups in total. The van der Waals surface area contributed by atoms with Gasteiger partial charge in [0.2, 0.25) is 0 Å². The zero-order chi connectivity index (χ0) is 11.5. The van der Waals surface area contributed by atoms with Gasteiger partial charge in [-0.3, -0.25) is 4.79 Å². The van der Waals surface area contributed by atoms with Crippen molar-refractivity contribution in [1.82, 2.24) is 4.98 Å². The standard InChI is InChI=1S/C10H8IN3OS/c11-6-3-1-2-4-7(6)13-9(15)8-5-16-10(12)14-8/h1-5H,(H2,12,14)(H,13,15). The first-order valence-electron chi connectivity index (χ1n) is 4.43. The first-order valence-corrected chi connectivity index (χ1v) is 6.39. The van der Waals surface area contributed by atoms with Gasteiger partial charge < -0.3 is 11.1 Å². The monoisotopic (exact) mass is 345 g/mol. The van der Waals surface area contributed by atoms with Crippen molar-refractivity contribution in [1.29, 1.82) is 0 Å². The van der Waals surface area contributed by atoms with Gasteiger partial charge in [0.15, 0.2) is 5.13 Å². The van der Waals surface area contributed by atoms with Crippen LogP contribution in [0.3, 0.4) is 0 Å². The Kier molecular flexibility index (Phi) is 3.39. The molecule has 0 saturated carbocycles. The van der Waals surface area contributed by atoms with Gasteiger partial charge in [0, 0.05) is 8.95 Å². The van der Waals surface area contributed by atoms with E-state index in [4.69, 9.17) is 5.73 Å². The minimum Gasteiger partial charge on any atom is -0.375 e. The summed E-state index contributed by atoms with van der Waals surface area (Å²) >= 11 is 3.41. The van der Waals surface area contributed by atoms with Gasteiger partial charge >= 0.3 is 0 Å². The summed E-state index contributed by atoms with van der Waals surface area (Å²) in [6.07, 6.45) is 0. The molecule has 0 unspecified atom stereocenters. The average molecular weight is 345 g/mol.